The predicted molar refractivity (Wildman–Crippen MR) is 159 cm³/mol. The fourth-order valence-corrected chi connectivity index (χ4v) is 5.87. The highest BCUT2D eigenvalue weighted by Crippen LogP contribution is 2.36. The van der Waals surface area contributed by atoms with E-state index in [1.807, 2.05) is 24.3 Å². The van der Waals surface area contributed by atoms with Crippen molar-refractivity contribution in [3.63, 3.8) is 0 Å². The van der Waals surface area contributed by atoms with Crippen molar-refractivity contribution in [1.82, 2.24) is 0 Å². The molecule has 3 fully saturated rings. The summed E-state index contributed by atoms with van der Waals surface area (Å²) in [5, 5.41) is 11.3. The maximum Gasteiger partial charge on any atom is 0.367 e. The summed E-state index contributed by atoms with van der Waals surface area (Å²) in [7, 11) is 1.32. The van der Waals surface area contributed by atoms with E-state index >= 15 is 0 Å². The zero-order valence-electron chi connectivity index (χ0n) is 24.6. The van der Waals surface area contributed by atoms with Crippen LogP contribution in [0.5, 0.6) is 5.75 Å². The molecule has 2 saturated heterocycles. The van der Waals surface area contributed by atoms with Crippen molar-refractivity contribution < 1.29 is 38.3 Å². The minimum Gasteiger partial charge on any atom is -0.493 e. The first-order valence-electron chi connectivity index (χ1n) is 15.3. The average molecular weight is 605 g/mol. The SMILES string of the molecule is COC(=O)C(CC=C=CC[C@H]1[C@@H](O)CC[C@@H]1/C=C/CCOc1cccc(Cl)c1)(OC1CCCCO1)OC1CCCCO1. The van der Waals surface area contributed by atoms with Gasteiger partial charge in [0.2, 0.25) is 0 Å². The number of aliphatic hydroxyl groups is 1. The summed E-state index contributed by atoms with van der Waals surface area (Å²) >= 11 is 6.01. The van der Waals surface area contributed by atoms with Crippen molar-refractivity contribution in [3.05, 3.63) is 59.3 Å². The lowest BCUT2D eigenvalue weighted by atomic mass is 9.91. The molecule has 5 atom stereocenters. The largest absolute Gasteiger partial charge is 0.493 e. The molecular formula is C33H45ClO8. The van der Waals surface area contributed by atoms with E-state index in [-0.39, 0.29) is 24.4 Å². The fourth-order valence-electron chi connectivity index (χ4n) is 5.69. The van der Waals surface area contributed by atoms with Gasteiger partial charge in [-0.2, -0.15) is 0 Å². The normalized spacial score (nSPS) is 27.6. The highest BCUT2D eigenvalue weighted by Gasteiger charge is 2.47. The summed E-state index contributed by atoms with van der Waals surface area (Å²) in [6.07, 6.45) is 14.9. The van der Waals surface area contributed by atoms with E-state index in [0.29, 0.717) is 44.1 Å². The second-order valence-electron chi connectivity index (χ2n) is 11.1. The minimum absolute atomic E-state index is 0.0963. The molecule has 9 heteroatoms. The Morgan fingerprint density at radius 3 is 2.45 bits per heavy atom. The highest BCUT2D eigenvalue weighted by atomic mass is 35.5. The Morgan fingerprint density at radius 2 is 1.81 bits per heavy atom. The van der Waals surface area contributed by atoms with Crippen molar-refractivity contribution in [3.8, 4) is 5.75 Å². The Kier molecular flexibility index (Phi) is 13.4. The second kappa shape index (κ2) is 17.2. The zero-order valence-corrected chi connectivity index (χ0v) is 25.3. The number of methoxy groups -OCH3 is 1. The van der Waals surface area contributed by atoms with Crippen LogP contribution in [0.15, 0.2) is 54.3 Å². The van der Waals surface area contributed by atoms with Gasteiger partial charge in [0.1, 0.15) is 5.75 Å². The standard InChI is InChI=1S/C33H45ClO8/c1-37-32(36)33(41-30-16-5-9-22-39-30,42-31-17-6-10-23-40-31)20-7-2-3-15-28-25(18-19-29(28)35)12-4-8-21-38-27-14-11-13-26(34)24-27/h3-4,7,11-14,24-25,28-31,35H,5-6,8-10,15-23H2,1H3/b12-4+/t2?,25-,28+,29-,30?,31?,33?/m0/s1. The number of allylic oxidation sites excluding steroid dienone is 1. The molecule has 1 aliphatic carbocycles. The third-order valence-electron chi connectivity index (χ3n) is 7.98. The fraction of sp³-hybridized carbons (Fsp3) is 0.636. The molecule has 0 radical (unpaired) electrons. The summed E-state index contributed by atoms with van der Waals surface area (Å²) in [5.41, 5.74) is 3.20. The first-order chi connectivity index (χ1) is 20.5. The van der Waals surface area contributed by atoms with Crippen LogP contribution in [0.25, 0.3) is 0 Å². The molecule has 1 aromatic carbocycles. The van der Waals surface area contributed by atoms with Gasteiger partial charge >= 0.3 is 5.97 Å². The van der Waals surface area contributed by atoms with Crippen LogP contribution in [0.1, 0.15) is 70.6 Å². The molecular weight excluding hydrogens is 560 g/mol. The van der Waals surface area contributed by atoms with Gasteiger partial charge in [0.25, 0.3) is 5.79 Å². The van der Waals surface area contributed by atoms with E-state index in [0.717, 1.165) is 50.7 Å². The molecule has 0 aromatic heterocycles. The van der Waals surface area contributed by atoms with Gasteiger partial charge in [-0.25, -0.2) is 4.79 Å². The van der Waals surface area contributed by atoms with Crippen LogP contribution in [-0.2, 0) is 28.5 Å². The third kappa shape index (κ3) is 9.95. The molecule has 0 spiro atoms. The summed E-state index contributed by atoms with van der Waals surface area (Å²) in [4.78, 5) is 13.1. The number of esters is 1. The molecule has 2 aliphatic heterocycles. The smallest absolute Gasteiger partial charge is 0.367 e. The lowest BCUT2D eigenvalue weighted by Gasteiger charge is -2.38. The zero-order chi connectivity index (χ0) is 29.6. The van der Waals surface area contributed by atoms with Crippen LogP contribution in [0, 0.1) is 11.8 Å². The number of hydrogen-bond donors (Lipinski definition) is 1. The molecule has 1 N–H and O–H groups in total. The summed E-state index contributed by atoms with van der Waals surface area (Å²) in [6.45, 7) is 1.71. The first-order valence-corrected chi connectivity index (χ1v) is 15.7. The van der Waals surface area contributed by atoms with Gasteiger partial charge in [-0.15, -0.1) is 5.73 Å². The molecule has 2 heterocycles. The van der Waals surface area contributed by atoms with Gasteiger partial charge in [-0.05, 0) is 106 Å². The number of rotatable bonds is 14. The number of halogens is 1. The van der Waals surface area contributed by atoms with E-state index < -0.39 is 24.3 Å². The van der Waals surface area contributed by atoms with Gasteiger partial charge in [0.15, 0.2) is 12.6 Å². The Morgan fingerprint density at radius 1 is 1.07 bits per heavy atom. The van der Waals surface area contributed by atoms with Crippen molar-refractivity contribution in [2.45, 2.75) is 95.1 Å². The van der Waals surface area contributed by atoms with E-state index in [9.17, 15) is 9.90 Å². The van der Waals surface area contributed by atoms with E-state index in [2.05, 4.69) is 17.9 Å². The quantitative estimate of drug-likeness (QED) is 0.0846. The molecule has 1 aromatic rings. The minimum atomic E-state index is -1.69. The molecule has 2 unspecified atom stereocenters. The lowest BCUT2D eigenvalue weighted by Crippen LogP contribution is -2.51. The van der Waals surface area contributed by atoms with E-state index in [1.54, 1.807) is 12.1 Å². The molecule has 0 bridgehead atoms. The number of carbonyl (C=O) groups is 1. The van der Waals surface area contributed by atoms with Gasteiger partial charge in [0, 0.05) is 24.7 Å². The number of benzene rings is 1. The second-order valence-corrected chi connectivity index (χ2v) is 11.5. The first kappa shape index (κ1) is 32.7. The maximum atomic E-state index is 13.1. The van der Waals surface area contributed by atoms with Crippen LogP contribution in [0.2, 0.25) is 5.02 Å². The predicted octanol–water partition coefficient (Wildman–Crippen LogP) is 6.50. The van der Waals surface area contributed by atoms with Crippen molar-refractivity contribution >= 4 is 17.6 Å². The Balaban J connectivity index is 1.34. The highest BCUT2D eigenvalue weighted by molar-refractivity contribution is 6.30. The summed E-state index contributed by atoms with van der Waals surface area (Å²) in [5.74, 6) is -1.19. The molecule has 1 saturated carbocycles. The molecule has 4 rings (SSSR count). The van der Waals surface area contributed by atoms with Crippen molar-refractivity contribution in [2.75, 3.05) is 26.9 Å². The van der Waals surface area contributed by atoms with Crippen molar-refractivity contribution in [1.29, 1.82) is 0 Å². The van der Waals surface area contributed by atoms with Crippen LogP contribution in [0.3, 0.4) is 0 Å². The van der Waals surface area contributed by atoms with Crippen molar-refractivity contribution in [2.24, 2.45) is 11.8 Å². The van der Waals surface area contributed by atoms with Gasteiger partial charge in [0.05, 0.1) is 19.8 Å². The Hall–Kier alpha value is -2.16. The van der Waals surface area contributed by atoms with Crippen LogP contribution < -0.4 is 4.74 Å². The number of aliphatic hydroxyl groups excluding tert-OH is 1. The molecule has 8 nitrogen and oxygen atoms in total. The summed E-state index contributed by atoms with van der Waals surface area (Å²) < 4.78 is 34.8. The van der Waals surface area contributed by atoms with Crippen LogP contribution in [0.4, 0.5) is 0 Å². The number of hydrogen-bond acceptors (Lipinski definition) is 8. The monoisotopic (exact) mass is 604 g/mol. The average Bonchev–Trinajstić information content (AvgIpc) is 3.36. The topological polar surface area (TPSA) is 92.7 Å². The maximum absolute atomic E-state index is 13.1. The third-order valence-corrected chi connectivity index (χ3v) is 8.22. The van der Waals surface area contributed by atoms with Gasteiger partial charge in [-0.1, -0.05) is 29.8 Å². The molecule has 42 heavy (non-hydrogen) atoms. The molecule has 3 aliphatic rings. The van der Waals surface area contributed by atoms with E-state index in [4.69, 9.17) is 40.0 Å². The lowest BCUT2D eigenvalue weighted by molar-refractivity contribution is -0.350. The number of carbonyl (C=O) groups excluding carboxylic acids is 1. The Labute approximate surface area is 254 Å². The van der Waals surface area contributed by atoms with Gasteiger partial charge < -0.3 is 33.5 Å². The summed E-state index contributed by atoms with van der Waals surface area (Å²) in [6, 6.07) is 7.38. The van der Waals surface area contributed by atoms with Gasteiger partial charge in [-0.3, -0.25) is 0 Å². The molecule has 0 amide bonds. The van der Waals surface area contributed by atoms with Crippen LogP contribution in [-0.4, -0.2) is 62.5 Å². The van der Waals surface area contributed by atoms with E-state index in [1.165, 1.54) is 7.11 Å². The molecule has 232 valence electrons. The Bertz CT molecular complexity index is 1040. The number of ether oxygens (including phenoxy) is 6. The van der Waals surface area contributed by atoms with Crippen LogP contribution >= 0.6 is 11.6 Å².